The first kappa shape index (κ1) is 14.9. The Morgan fingerprint density at radius 1 is 1.28 bits per heavy atom. The van der Waals surface area contributed by atoms with Gasteiger partial charge in [-0.2, -0.15) is 0 Å². The molecule has 2 atom stereocenters. The molecule has 5 heteroatoms. The van der Waals surface area contributed by atoms with Gasteiger partial charge in [-0.1, -0.05) is 13.8 Å². The van der Waals surface area contributed by atoms with Gasteiger partial charge in [-0.25, -0.2) is 0 Å². The summed E-state index contributed by atoms with van der Waals surface area (Å²) in [6.07, 6.45) is 0. The van der Waals surface area contributed by atoms with Gasteiger partial charge in [0.1, 0.15) is 0 Å². The lowest BCUT2D eigenvalue weighted by Crippen LogP contribution is -2.30. The van der Waals surface area contributed by atoms with Gasteiger partial charge in [-0.3, -0.25) is 9.59 Å². The third-order valence-electron chi connectivity index (χ3n) is 3.00. The number of hydrogen-bond donors (Lipinski definition) is 2. The Kier molecular flexibility index (Phi) is 5.13. The summed E-state index contributed by atoms with van der Waals surface area (Å²) >= 11 is 2.20. The highest BCUT2D eigenvalue weighted by molar-refractivity contribution is 14.1. The number of benzene rings is 1. The van der Waals surface area contributed by atoms with Crippen molar-refractivity contribution < 1.29 is 14.7 Å². The lowest BCUT2D eigenvalue weighted by Gasteiger charge is -2.16. The molecule has 0 saturated carbocycles. The maximum absolute atomic E-state index is 11.9. The molecule has 0 radical (unpaired) electrons. The van der Waals surface area contributed by atoms with E-state index in [2.05, 4.69) is 27.9 Å². The number of carbonyl (C=O) groups excluding carboxylic acids is 1. The Morgan fingerprint density at radius 2 is 1.89 bits per heavy atom. The molecule has 1 aromatic rings. The molecular formula is C13H16INO3. The summed E-state index contributed by atoms with van der Waals surface area (Å²) < 4.78 is 1.09. The van der Waals surface area contributed by atoms with Crippen LogP contribution in [0, 0.1) is 22.3 Å². The van der Waals surface area contributed by atoms with Gasteiger partial charge >= 0.3 is 5.97 Å². The lowest BCUT2D eigenvalue weighted by molar-refractivity contribution is -0.145. The van der Waals surface area contributed by atoms with Crippen LogP contribution in [0.15, 0.2) is 18.2 Å². The topological polar surface area (TPSA) is 66.4 Å². The number of anilines is 1. The molecule has 2 N–H and O–H groups in total. The number of aryl methyl sites for hydroxylation is 1. The summed E-state index contributed by atoms with van der Waals surface area (Å²) in [5, 5.41) is 11.6. The zero-order valence-electron chi connectivity index (χ0n) is 10.5. The maximum Gasteiger partial charge on any atom is 0.307 e. The van der Waals surface area contributed by atoms with E-state index in [9.17, 15) is 9.59 Å². The van der Waals surface area contributed by atoms with Crippen LogP contribution in [0.4, 0.5) is 5.69 Å². The summed E-state index contributed by atoms with van der Waals surface area (Å²) in [6, 6.07) is 5.68. The average Bonchev–Trinajstić information content (AvgIpc) is 2.30. The van der Waals surface area contributed by atoms with Crippen molar-refractivity contribution in [2.75, 3.05) is 5.32 Å². The van der Waals surface area contributed by atoms with E-state index in [1.54, 1.807) is 6.92 Å². The molecule has 4 nitrogen and oxygen atoms in total. The number of nitrogens with one attached hydrogen (secondary N) is 1. The van der Waals surface area contributed by atoms with Crippen molar-refractivity contribution >= 4 is 40.2 Å². The minimum absolute atomic E-state index is 0.269. The molecule has 98 valence electrons. The minimum atomic E-state index is -0.961. The maximum atomic E-state index is 11.9. The van der Waals surface area contributed by atoms with Crippen molar-refractivity contribution in [1.82, 2.24) is 0 Å². The monoisotopic (exact) mass is 361 g/mol. The molecule has 0 aliphatic carbocycles. The van der Waals surface area contributed by atoms with Crippen molar-refractivity contribution in [3.8, 4) is 0 Å². The van der Waals surface area contributed by atoms with E-state index >= 15 is 0 Å². The molecule has 0 saturated heterocycles. The predicted molar refractivity (Wildman–Crippen MR) is 78.5 cm³/mol. The third-order valence-corrected chi connectivity index (χ3v) is 3.67. The van der Waals surface area contributed by atoms with Crippen LogP contribution in [0.1, 0.15) is 19.4 Å². The highest BCUT2D eigenvalue weighted by atomic mass is 127. The van der Waals surface area contributed by atoms with Crippen LogP contribution in [0.25, 0.3) is 0 Å². The molecule has 0 aliphatic rings. The van der Waals surface area contributed by atoms with Crippen LogP contribution in [0.5, 0.6) is 0 Å². The van der Waals surface area contributed by atoms with Crippen molar-refractivity contribution in [2.24, 2.45) is 11.8 Å². The Hall–Kier alpha value is -1.11. The van der Waals surface area contributed by atoms with E-state index in [-0.39, 0.29) is 5.91 Å². The predicted octanol–water partition coefficient (Wildman–Crippen LogP) is 2.89. The molecule has 0 aliphatic heterocycles. The largest absolute Gasteiger partial charge is 0.481 e. The third kappa shape index (κ3) is 3.69. The number of aliphatic carboxylic acids is 1. The Balaban J connectivity index is 2.78. The van der Waals surface area contributed by atoms with Crippen LogP contribution in [0.2, 0.25) is 0 Å². The SMILES string of the molecule is Cc1cc(I)ccc1NC(=O)C(C)C(C)C(=O)O. The van der Waals surface area contributed by atoms with Crippen LogP contribution in [-0.2, 0) is 9.59 Å². The van der Waals surface area contributed by atoms with E-state index < -0.39 is 17.8 Å². The van der Waals surface area contributed by atoms with Gasteiger partial charge in [-0.05, 0) is 53.3 Å². The van der Waals surface area contributed by atoms with Gasteiger partial charge in [0, 0.05) is 15.2 Å². The van der Waals surface area contributed by atoms with Gasteiger partial charge in [0.2, 0.25) is 5.91 Å². The van der Waals surface area contributed by atoms with Gasteiger partial charge in [0.05, 0.1) is 5.92 Å². The first-order valence-electron chi connectivity index (χ1n) is 5.62. The Bertz CT molecular complexity index is 473. The number of hydrogen-bond acceptors (Lipinski definition) is 2. The number of amides is 1. The second kappa shape index (κ2) is 6.17. The van der Waals surface area contributed by atoms with Crippen LogP contribution in [-0.4, -0.2) is 17.0 Å². The highest BCUT2D eigenvalue weighted by Gasteiger charge is 2.25. The first-order valence-corrected chi connectivity index (χ1v) is 6.70. The Morgan fingerprint density at radius 3 is 2.39 bits per heavy atom. The van der Waals surface area contributed by atoms with E-state index in [4.69, 9.17) is 5.11 Å². The molecule has 0 heterocycles. The molecule has 0 bridgehead atoms. The lowest BCUT2D eigenvalue weighted by atomic mass is 9.95. The Labute approximate surface area is 120 Å². The number of carboxylic acid groups (broad SMARTS) is 1. The molecule has 2 unspecified atom stereocenters. The molecule has 18 heavy (non-hydrogen) atoms. The van der Waals surface area contributed by atoms with Gasteiger partial charge in [0.15, 0.2) is 0 Å². The second-order valence-electron chi connectivity index (χ2n) is 4.36. The van der Waals surface area contributed by atoms with Crippen molar-refractivity contribution in [2.45, 2.75) is 20.8 Å². The van der Waals surface area contributed by atoms with Crippen molar-refractivity contribution in [1.29, 1.82) is 0 Å². The zero-order valence-corrected chi connectivity index (χ0v) is 12.7. The normalized spacial score (nSPS) is 13.8. The molecule has 1 amide bonds. The fourth-order valence-electron chi connectivity index (χ4n) is 1.45. The fourth-order valence-corrected chi connectivity index (χ4v) is 2.10. The smallest absolute Gasteiger partial charge is 0.307 e. The fraction of sp³-hybridized carbons (Fsp3) is 0.385. The molecule has 1 rings (SSSR count). The second-order valence-corrected chi connectivity index (χ2v) is 5.61. The van der Waals surface area contributed by atoms with Gasteiger partial charge in [-0.15, -0.1) is 0 Å². The number of carbonyl (C=O) groups is 2. The number of carboxylic acids is 1. The summed E-state index contributed by atoms with van der Waals surface area (Å²) in [4.78, 5) is 22.7. The highest BCUT2D eigenvalue weighted by Crippen LogP contribution is 2.20. The standard InChI is InChI=1S/C13H16INO3/c1-7-6-10(14)4-5-11(7)15-12(16)8(2)9(3)13(17)18/h4-6,8-9H,1-3H3,(H,15,16)(H,17,18). The van der Waals surface area contributed by atoms with Crippen LogP contribution >= 0.6 is 22.6 Å². The average molecular weight is 361 g/mol. The van der Waals surface area contributed by atoms with Crippen molar-refractivity contribution in [3.63, 3.8) is 0 Å². The molecular weight excluding hydrogens is 345 g/mol. The van der Waals surface area contributed by atoms with Crippen LogP contribution in [0.3, 0.4) is 0 Å². The quantitative estimate of drug-likeness (QED) is 0.811. The van der Waals surface area contributed by atoms with E-state index in [1.807, 2.05) is 25.1 Å². The summed E-state index contributed by atoms with van der Waals surface area (Å²) in [5.74, 6) is -2.50. The van der Waals surface area contributed by atoms with Crippen molar-refractivity contribution in [3.05, 3.63) is 27.3 Å². The van der Waals surface area contributed by atoms with E-state index in [1.165, 1.54) is 6.92 Å². The van der Waals surface area contributed by atoms with E-state index in [0.29, 0.717) is 0 Å². The minimum Gasteiger partial charge on any atom is -0.481 e. The summed E-state index contributed by atoms with van der Waals surface area (Å²) in [6.45, 7) is 5.06. The van der Waals surface area contributed by atoms with Gasteiger partial charge in [0.25, 0.3) is 0 Å². The number of halogens is 1. The zero-order chi connectivity index (χ0) is 13.9. The van der Waals surface area contributed by atoms with Crippen LogP contribution < -0.4 is 5.32 Å². The van der Waals surface area contributed by atoms with Gasteiger partial charge < -0.3 is 10.4 Å². The molecule has 1 aromatic carbocycles. The van der Waals surface area contributed by atoms with E-state index in [0.717, 1.165) is 14.8 Å². The summed E-state index contributed by atoms with van der Waals surface area (Å²) in [5.41, 5.74) is 1.69. The first-order chi connectivity index (χ1) is 8.32. The molecule has 0 aromatic heterocycles. The number of rotatable bonds is 4. The molecule has 0 fully saturated rings. The summed E-state index contributed by atoms with van der Waals surface area (Å²) in [7, 11) is 0. The molecule has 0 spiro atoms.